The molecule has 0 aromatic heterocycles. The Labute approximate surface area is 101 Å². The van der Waals surface area contributed by atoms with Gasteiger partial charge in [0.05, 0.1) is 6.61 Å². The van der Waals surface area contributed by atoms with E-state index in [4.69, 9.17) is 15.3 Å². The highest BCUT2D eigenvalue weighted by atomic mass is 16.8. The third kappa shape index (κ3) is 5.75. The molecule has 0 aliphatic heterocycles. The Hall–Kier alpha value is -1.46. The highest BCUT2D eigenvalue weighted by Crippen LogP contribution is 2.06. The second-order valence-corrected chi connectivity index (χ2v) is 3.23. The number of rotatable bonds is 6. The van der Waals surface area contributed by atoms with Crippen molar-refractivity contribution in [3.63, 3.8) is 0 Å². The number of aliphatic hydroxyl groups excluding tert-OH is 5. The molecule has 0 aromatic carbocycles. The first-order valence-corrected chi connectivity index (χ1v) is 4.70. The van der Waals surface area contributed by atoms with Gasteiger partial charge in [0.2, 0.25) is 0 Å². The number of aliphatic hydroxyl groups is 5. The predicted molar refractivity (Wildman–Crippen MR) is 51.6 cm³/mol. The van der Waals surface area contributed by atoms with Crippen LogP contribution in [0, 0.1) is 0 Å². The lowest BCUT2D eigenvalue weighted by Crippen LogP contribution is -2.47. The summed E-state index contributed by atoms with van der Waals surface area (Å²) in [5.74, 6) is 0. The number of ether oxygens (including phenoxy) is 2. The fourth-order valence-electron chi connectivity index (χ4n) is 0.916. The maximum atomic E-state index is 10.6. The van der Waals surface area contributed by atoms with E-state index in [1.54, 1.807) is 0 Å². The Kier molecular flexibility index (Phi) is 7.16. The Morgan fingerprint density at radius 3 is 1.94 bits per heavy atom. The van der Waals surface area contributed by atoms with Crippen molar-refractivity contribution in [3.05, 3.63) is 0 Å². The highest BCUT2D eigenvalue weighted by molar-refractivity contribution is 5.75. The van der Waals surface area contributed by atoms with Crippen molar-refractivity contribution in [2.24, 2.45) is 0 Å². The van der Waals surface area contributed by atoms with Gasteiger partial charge in [-0.2, -0.15) is 0 Å². The molecule has 0 heterocycles. The minimum Gasteiger partial charge on any atom is -0.449 e. The summed E-state index contributed by atoms with van der Waals surface area (Å²) in [6.45, 7) is -1.73. The molecule has 18 heavy (non-hydrogen) atoms. The molecule has 106 valence electrons. The average Bonchev–Trinajstić information content (AvgIpc) is 2.32. The van der Waals surface area contributed by atoms with Gasteiger partial charge < -0.3 is 40.1 Å². The summed E-state index contributed by atoms with van der Waals surface area (Å²) in [6, 6.07) is 0. The minimum atomic E-state index is -1.91. The molecule has 0 rings (SSSR count). The van der Waals surface area contributed by atoms with Gasteiger partial charge >= 0.3 is 12.3 Å². The van der Waals surface area contributed by atoms with Gasteiger partial charge in [-0.3, -0.25) is 0 Å². The molecule has 0 aliphatic rings. The lowest BCUT2D eigenvalue weighted by Gasteiger charge is -2.25. The van der Waals surface area contributed by atoms with E-state index in [-0.39, 0.29) is 0 Å². The standard InChI is InChI=1S/C8H14O10/c9-1-3(10)5(12)6(13)4(11)2-17-8(16)18-7(14)15/h3-6,9-13H,1-2H2,(H,14,15)/t3-,4-,5+,6+/m1/s1. The average molecular weight is 270 g/mol. The van der Waals surface area contributed by atoms with Crippen LogP contribution in [0.25, 0.3) is 0 Å². The van der Waals surface area contributed by atoms with Gasteiger partial charge in [-0.15, -0.1) is 0 Å². The van der Waals surface area contributed by atoms with Gasteiger partial charge in [0.25, 0.3) is 0 Å². The number of carbonyl (C=O) groups is 2. The number of hydrogen-bond donors (Lipinski definition) is 6. The molecule has 0 bridgehead atoms. The Balaban J connectivity index is 4.12. The van der Waals surface area contributed by atoms with Crippen molar-refractivity contribution in [1.82, 2.24) is 0 Å². The summed E-state index contributed by atoms with van der Waals surface area (Å²) >= 11 is 0. The van der Waals surface area contributed by atoms with Crippen molar-refractivity contribution >= 4 is 12.3 Å². The maximum absolute atomic E-state index is 10.6. The van der Waals surface area contributed by atoms with E-state index in [2.05, 4.69) is 9.47 Å². The van der Waals surface area contributed by atoms with Crippen LogP contribution in [0.2, 0.25) is 0 Å². The zero-order chi connectivity index (χ0) is 14.3. The molecule has 0 aromatic rings. The second-order valence-electron chi connectivity index (χ2n) is 3.23. The van der Waals surface area contributed by atoms with Crippen LogP contribution >= 0.6 is 0 Å². The minimum absolute atomic E-state index is 0.854. The number of carbonyl (C=O) groups excluding carboxylic acids is 1. The lowest BCUT2D eigenvalue weighted by atomic mass is 10.0. The van der Waals surface area contributed by atoms with Crippen molar-refractivity contribution < 1.29 is 49.7 Å². The van der Waals surface area contributed by atoms with Crippen molar-refractivity contribution in [2.45, 2.75) is 24.4 Å². The Morgan fingerprint density at radius 1 is 1.00 bits per heavy atom. The molecule has 0 amide bonds. The van der Waals surface area contributed by atoms with E-state index in [9.17, 15) is 24.9 Å². The molecule has 6 N–H and O–H groups in total. The largest absolute Gasteiger partial charge is 0.518 e. The van der Waals surface area contributed by atoms with Crippen molar-refractivity contribution in [3.8, 4) is 0 Å². The molecule has 4 atom stereocenters. The van der Waals surface area contributed by atoms with Gasteiger partial charge in [0, 0.05) is 0 Å². The number of hydrogen-bond acceptors (Lipinski definition) is 9. The lowest BCUT2D eigenvalue weighted by molar-refractivity contribution is -0.125. The van der Waals surface area contributed by atoms with Gasteiger partial charge in [-0.1, -0.05) is 0 Å². The van der Waals surface area contributed by atoms with Gasteiger partial charge in [0.15, 0.2) is 0 Å². The summed E-state index contributed by atoms with van der Waals surface area (Å²) in [6.07, 6.45) is -10.8. The first-order valence-electron chi connectivity index (χ1n) is 4.70. The molecular formula is C8H14O10. The van der Waals surface area contributed by atoms with Crippen LogP contribution in [0.3, 0.4) is 0 Å². The van der Waals surface area contributed by atoms with Crippen LogP contribution in [0.15, 0.2) is 0 Å². The molecule has 0 saturated heterocycles. The van der Waals surface area contributed by atoms with Gasteiger partial charge in [0.1, 0.15) is 31.0 Å². The fourth-order valence-corrected chi connectivity index (χ4v) is 0.916. The molecule has 10 nitrogen and oxygen atoms in total. The van der Waals surface area contributed by atoms with Crippen LogP contribution in [0.5, 0.6) is 0 Å². The van der Waals surface area contributed by atoms with Crippen LogP contribution in [0.4, 0.5) is 9.59 Å². The van der Waals surface area contributed by atoms with E-state index >= 15 is 0 Å². The summed E-state index contributed by atoms with van der Waals surface area (Å²) in [7, 11) is 0. The third-order valence-corrected chi connectivity index (χ3v) is 1.87. The molecule has 0 aliphatic carbocycles. The summed E-state index contributed by atoms with van der Waals surface area (Å²) < 4.78 is 7.61. The molecule has 0 saturated carbocycles. The van der Waals surface area contributed by atoms with Crippen molar-refractivity contribution in [2.75, 3.05) is 13.2 Å². The van der Waals surface area contributed by atoms with E-state index in [1.165, 1.54) is 0 Å². The van der Waals surface area contributed by atoms with Crippen molar-refractivity contribution in [1.29, 1.82) is 0 Å². The molecule has 0 fully saturated rings. The molecule has 0 radical (unpaired) electrons. The Bertz CT molecular complexity index is 279. The first-order chi connectivity index (χ1) is 8.29. The van der Waals surface area contributed by atoms with E-state index in [0.717, 1.165) is 0 Å². The molecular weight excluding hydrogens is 256 g/mol. The normalized spacial score (nSPS) is 17.4. The monoisotopic (exact) mass is 270 g/mol. The van der Waals surface area contributed by atoms with Gasteiger partial charge in [-0.05, 0) is 0 Å². The SMILES string of the molecule is O=C(O)OC(=O)OC[C@@H](O)[C@H](O)[C@@H](O)[C@H](O)CO. The molecule has 0 spiro atoms. The Morgan fingerprint density at radius 2 is 1.50 bits per heavy atom. The second kappa shape index (κ2) is 7.79. The maximum Gasteiger partial charge on any atom is 0.518 e. The van der Waals surface area contributed by atoms with Crippen LogP contribution in [-0.4, -0.2) is 80.6 Å². The number of carboxylic acid groups (broad SMARTS) is 1. The molecule has 0 unspecified atom stereocenters. The highest BCUT2D eigenvalue weighted by Gasteiger charge is 2.31. The zero-order valence-corrected chi connectivity index (χ0v) is 9.04. The summed E-state index contributed by atoms with van der Waals surface area (Å²) in [5.41, 5.74) is 0. The van der Waals surface area contributed by atoms with Gasteiger partial charge in [-0.25, -0.2) is 9.59 Å². The topological polar surface area (TPSA) is 174 Å². The first kappa shape index (κ1) is 16.5. The zero-order valence-electron chi connectivity index (χ0n) is 9.04. The predicted octanol–water partition coefficient (Wildman–Crippen LogP) is -2.75. The van der Waals surface area contributed by atoms with E-state index in [0.29, 0.717) is 0 Å². The summed E-state index contributed by atoms with van der Waals surface area (Å²) in [4.78, 5) is 20.5. The summed E-state index contributed by atoms with van der Waals surface area (Å²) in [5, 5.41) is 53.1. The third-order valence-electron chi connectivity index (χ3n) is 1.87. The van der Waals surface area contributed by atoms with E-state index in [1.807, 2.05) is 0 Å². The fraction of sp³-hybridized carbons (Fsp3) is 0.750. The smallest absolute Gasteiger partial charge is 0.449 e. The van der Waals surface area contributed by atoms with Crippen LogP contribution in [0.1, 0.15) is 0 Å². The molecule has 10 heteroatoms. The van der Waals surface area contributed by atoms with E-state index < -0.39 is 49.9 Å². The van der Waals surface area contributed by atoms with Crippen LogP contribution in [-0.2, 0) is 9.47 Å². The van der Waals surface area contributed by atoms with Crippen LogP contribution < -0.4 is 0 Å². The quantitative estimate of drug-likeness (QED) is 0.219.